The maximum atomic E-state index is 4.44. The predicted molar refractivity (Wildman–Crippen MR) is 63.9 cm³/mol. The van der Waals surface area contributed by atoms with E-state index in [1.54, 1.807) is 0 Å². The Bertz CT molecular complexity index is 469. The molecule has 0 unspecified atom stereocenters. The van der Waals surface area contributed by atoms with E-state index in [9.17, 15) is 0 Å². The van der Waals surface area contributed by atoms with Crippen molar-refractivity contribution < 1.29 is 0 Å². The van der Waals surface area contributed by atoms with E-state index in [0.717, 1.165) is 5.69 Å². The van der Waals surface area contributed by atoms with Crippen LogP contribution in [0.2, 0.25) is 0 Å². The summed E-state index contributed by atoms with van der Waals surface area (Å²) < 4.78 is 0. The standard InChI is InChI=1S/C14H15N/c1-10-4-6-13(7-5-10)14-8-11(2)12(3)9-15-14/h4-9H,1-3H3. The highest BCUT2D eigenvalue weighted by atomic mass is 14.7. The molecule has 1 nitrogen and oxygen atoms in total. The van der Waals surface area contributed by atoms with Crippen LogP contribution in [0.3, 0.4) is 0 Å². The molecule has 2 rings (SSSR count). The van der Waals surface area contributed by atoms with Gasteiger partial charge in [-0.2, -0.15) is 0 Å². The molecule has 0 saturated heterocycles. The van der Waals surface area contributed by atoms with E-state index in [1.807, 2.05) is 6.20 Å². The van der Waals surface area contributed by atoms with E-state index < -0.39 is 0 Å². The van der Waals surface area contributed by atoms with Gasteiger partial charge in [0.15, 0.2) is 0 Å². The molecule has 1 aromatic heterocycles. The second kappa shape index (κ2) is 3.85. The second-order valence-corrected chi connectivity index (χ2v) is 4.02. The summed E-state index contributed by atoms with van der Waals surface area (Å²) in [4.78, 5) is 4.44. The van der Waals surface area contributed by atoms with Gasteiger partial charge in [-0.15, -0.1) is 0 Å². The van der Waals surface area contributed by atoms with E-state index in [4.69, 9.17) is 0 Å². The third-order valence-corrected chi connectivity index (χ3v) is 2.72. The Kier molecular flexibility index (Phi) is 2.55. The van der Waals surface area contributed by atoms with Crippen molar-refractivity contribution in [3.8, 4) is 11.3 Å². The first-order valence-corrected chi connectivity index (χ1v) is 5.17. The zero-order chi connectivity index (χ0) is 10.8. The molecule has 1 aromatic carbocycles. The fourth-order valence-electron chi connectivity index (χ4n) is 1.51. The highest BCUT2D eigenvalue weighted by Gasteiger charge is 2.00. The molecule has 0 saturated carbocycles. The van der Waals surface area contributed by atoms with Crippen molar-refractivity contribution in [1.82, 2.24) is 4.98 Å². The monoisotopic (exact) mass is 197 g/mol. The molecule has 15 heavy (non-hydrogen) atoms. The molecule has 1 heteroatoms. The molecule has 0 atom stereocenters. The minimum Gasteiger partial charge on any atom is -0.256 e. The number of nitrogens with zero attached hydrogens (tertiary/aromatic N) is 1. The van der Waals surface area contributed by atoms with Crippen LogP contribution in [-0.4, -0.2) is 4.98 Å². The minimum absolute atomic E-state index is 1.05. The average molecular weight is 197 g/mol. The van der Waals surface area contributed by atoms with Crippen molar-refractivity contribution in [2.24, 2.45) is 0 Å². The van der Waals surface area contributed by atoms with Gasteiger partial charge in [0.2, 0.25) is 0 Å². The van der Waals surface area contributed by atoms with E-state index in [-0.39, 0.29) is 0 Å². The fraction of sp³-hybridized carbons (Fsp3) is 0.214. The molecule has 0 radical (unpaired) electrons. The van der Waals surface area contributed by atoms with E-state index >= 15 is 0 Å². The number of aromatic nitrogens is 1. The molecule has 2 aromatic rings. The van der Waals surface area contributed by atoms with Crippen LogP contribution in [0.1, 0.15) is 16.7 Å². The lowest BCUT2D eigenvalue weighted by molar-refractivity contribution is 1.22. The highest BCUT2D eigenvalue weighted by Crippen LogP contribution is 2.19. The number of pyridine rings is 1. The smallest absolute Gasteiger partial charge is 0.0704 e. The number of hydrogen-bond donors (Lipinski definition) is 0. The fourth-order valence-corrected chi connectivity index (χ4v) is 1.51. The van der Waals surface area contributed by atoms with Gasteiger partial charge in [-0.05, 0) is 38.0 Å². The predicted octanol–water partition coefficient (Wildman–Crippen LogP) is 3.67. The Hall–Kier alpha value is -1.63. The average Bonchev–Trinajstić information content (AvgIpc) is 2.23. The molecule has 0 aliphatic heterocycles. The molecule has 76 valence electrons. The summed E-state index contributed by atoms with van der Waals surface area (Å²) in [6, 6.07) is 10.6. The van der Waals surface area contributed by atoms with Gasteiger partial charge in [0.25, 0.3) is 0 Å². The summed E-state index contributed by atoms with van der Waals surface area (Å²) in [7, 11) is 0. The van der Waals surface area contributed by atoms with Crippen LogP contribution < -0.4 is 0 Å². The molecular formula is C14H15N. The van der Waals surface area contributed by atoms with Crippen molar-refractivity contribution in [1.29, 1.82) is 0 Å². The normalized spacial score (nSPS) is 10.3. The molecule has 0 aliphatic rings. The number of rotatable bonds is 1. The first-order chi connectivity index (χ1) is 7.16. The van der Waals surface area contributed by atoms with Crippen molar-refractivity contribution in [3.63, 3.8) is 0 Å². The SMILES string of the molecule is Cc1ccc(-c2cc(C)c(C)cn2)cc1. The number of hydrogen-bond acceptors (Lipinski definition) is 1. The minimum atomic E-state index is 1.05. The Morgan fingerprint density at radius 2 is 1.53 bits per heavy atom. The summed E-state index contributed by atoms with van der Waals surface area (Å²) in [5, 5.41) is 0. The molecule has 0 amide bonds. The summed E-state index contributed by atoms with van der Waals surface area (Å²) in [6.07, 6.45) is 1.94. The van der Waals surface area contributed by atoms with Gasteiger partial charge in [-0.25, -0.2) is 0 Å². The molecule has 0 spiro atoms. The second-order valence-electron chi connectivity index (χ2n) is 4.02. The largest absolute Gasteiger partial charge is 0.256 e. The summed E-state index contributed by atoms with van der Waals surface area (Å²) in [6.45, 7) is 6.30. The van der Waals surface area contributed by atoms with Crippen LogP contribution in [0.4, 0.5) is 0 Å². The zero-order valence-electron chi connectivity index (χ0n) is 9.41. The quantitative estimate of drug-likeness (QED) is 0.679. The van der Waals surface area contributed by atoms with Crippen LogP contribution in [0.25, 0.3) is 11.3 Å². The first kappa shape index (κ1) is 9.91. The molecule has 0 aliphatic carbocycles. The van der Waals surface area contributed by atoms with Crippen molar-refractivity contribution in [2.75, 3.05) is 0 Å². The Labute approximate surface area is 90.8 Å². The Balaban J connectivity index is 2.45. The van der Waals surface area contributed by atoms with Crippen LogP contribution >= 0.6 is 0 Å². The van der Waals surface area contributed by atoms with Crippen molar-refractivity contribution in [2.45, 2.75) is 20.8 Å². The lowest BCUT2D eigenvalue weighted by Gasteiger charge is -2.04. The third kappa shape index (κ3) is 2.07. The van der Waals surface area contributed by atoms with Crippen molar-refractivity contribution >= 4 is 0 Å². The molecular weight excluding hydrogens is 182 g/mol. The lowest BCUT2D eigenvalue weighted by Crippen LogP contribution is -1.88. The van der Waals surface area contributed by atoms with Gasteiger partial charge in [-0.3, -0.25) is 4.98 Å². The molecule has 1 heterocycles. The maximum Gasteiger partial charge on any atom is 0.0704 e. The van der Waals surface area contributed by atoms with E-state index in [2.05, 4.69) is 56.1 Å². The van der Waals surface area contributed by atoms with Gasteiger partial charge < -0.3 is 0 Å². The van der Waals surface area contributed by atoms with Crippen LogP contribution in [-0.2, 0) is 0 Å². The molecule has 0 bridgehead atoms. The van der Waals surface area contributed by atoms with Gasteiger partial charge >= 0.3 is 0 Å². The third-order valence-electron chi connectivity index (χ3n) is 2.72. The van der Waals surface area contributed by atoms with Crippen molar-refractivity contribution in [3.05, 3.63) is 53.2 Å². The first-order valence-electron chi connectivity index (χ1n) is 5.17. The maximum absolute atomic E-state index is 4.44. The van der Waals surface area contributed by atoms with Gasteiger partial charge in [0.1, 0.15) is 0 Å². The molecule has 0 N–H and O–H groups in total. The summed E-state index contributed by atoms with van der Waals surface area (Å²) in [5.74, 6) is 0. The van der Waals surface area contributed by atoms with Gasteiger partial charge in [0.05, 0.1) is 5.69 Å². The number of benzene rings is 1. The molecule has 0 fully saturated rings. The topological polar surface area (TPSA) is 12.9 Å². The van der Waals surface area contributed by atoms with Gasteiger partial charge in [-0.1, -0.05) is 29.8 Å². The van der Waals surface area contributed by atoms with Gasteiger partial charge in [0, 0.05) is 11.8 Å². The van der Waals surface area contributed by atoms with E-state index in [0.29, 0.717) is 0 Å². The summed E-state index contributed by atoms with van der Waals surface area (Å²) >= 11 is 0. The van der Waals surface area contributed by atoms with Crippen LogP contribution in [0, 0.1) is 20.8 Å². The summed E-state index contributed by atoms with van der Waals surface area (Å²) in [5.41, 5.74) is 6.05. The number of aryl methyl sites for hydroxylation is 3. The van der Waals surface area contributed by atoms with E-state index in [1.165, 1.54) is 22.3 Å². The Morgan fingerprint density at radius 3 is 2.13 bits per heavy atom. The Morgan fingerprint density at radius 1 is 0.867 bits per heavy atom. The lowest BCUT2D eigenvalue weighted by atomic mass is 10.1. The zero-order valence-corrected chi connectivity index (χ0v) is 9.41. The van der Waals surface area contributed by atoms with Crippen LogP contribution in [0.5, 0.6) is 0 Å². The van der Waals surface area contributed by atoms with Crippen LogP contribution in [0.15, 0.2) is 36.5 Å². The highest BCUT2D eigenvalue weighted by molar-refractivity contribution is 5.60.